The lowest BCUT2D eigenvalue weighted by molar-refractivity contribution is 0.564. The molecule has 1 rings (SSSR count). The summed E-state index contributed by atoms with van der Waals surface area (Å²) in [4.78, 5) is 0. The van der Waals surface area contributed by atoms with Crippen LogP contribution in [0, 0.1) is 11.3 Å². The van der Waals surface area contributed by atoms with Crippen LogP contribution in [0.3, 0.4) is 0 Å². The molecular formula is C17H26N2. The van der Waals surface area contributed by atoms with Crippen LogP contribution in [-0.4, -0.2) is 0 Å². The van der Waals surface area contributed by atoms with E-state index in [9.17, 15) is 0 Å². The summed E-state index contributed by atoms with van der Waals surface area (Å²) < 4.78 is 0. The second-order valence-corrected chi connectivity index (χ2v) is 7.31. The minimum absolute atomic E-state index is 0.0857. The first kappa shape index (κ1) is 15.7. The number of nitrogens with two attached hydrogens (primary N) is 1. The molecule has 2 heteroatoms. The molecule has 1 aromatic carbocycles. The van der Waals surface area contributed by atoms with Gasteiger partial charge in [0.25, 0.3) is 0 Å². The molecule has 19 heavy (non-hydrogen) atoms. The quantitative estimate of drug-likeness (QED) is 0.864. The number of benzene rings is 1. The van der Waals surface area contributed by atoms with E-state index in [4.69, 9.17) is 11.0 Å². The van der Waals surface area contributed by atoms with Crippen molar-refractivity contribution in [1.29, 1.82) is 5.26 Å². The van der Waals surface area contributed by atoms with Crippen LogP contribution >= 0.6 is 0 Å². The van der Waals surface area contributed by atoms with Crippen molar-refractivity contribution in [2.75, 3.05) is 0 Å². The van der Waals surface area contributed by atoms with Crippen LogP contribution in [-0.2, 0) is 10.8 Å². The molecule has 0 aliphatic carbocycles. The zero-order chi connectivity index (χ0) is 14.8. The molecular weight excluding hydrogens is 232 g/mol. The molecule has 1 atom stereocenters. The fourth-order valence-electron chi connectivity index (χ4n) is 1.95. The lowest BCUT2D eigenvalue weighted by Crippen LogP contribution is -2.19. The molecule has 1 unspecified atom stereocenters. The van der Waals surface area contributed by atoms with Crippen LogP contribution in [0.2, 0.25) is 0 Å². The van der Waals surface area contributed by atoms with Gasteiger partial charge in [0.05, 0.1) is 12.5 Å². The van der Waals surface area contributed by atoms with Crippen molar-refractivity contribution in [3.8, 4) is 6.07 Å². The summed E-state index contributed by atoms with van der Waals surface area (Å²) >= 11 is 0. The van der Waals surface area contributed by atoms with Crippen LogP contribution in [0.5, 0.6) is 0 Å². The molecule has 1 aromatic rings. The zero-order valence-corrected chi connectivity index (χ0v) is 13.0. The average molecular weight is 258 g/mol. The van der Waals surface area contributed by atoms with Crippen LogP contribution in [0.4, 0.5) is 0 Å². The highest BCUT2D eigenvalue weighted by molar-refractivity contribution is 5.38. The number of nitriles is 1. The van der Waals surface area contributed by atoms with E-state index in [2.05, 4.69) is 65.8 Å². The molecule has 0 radical (unpaired) electrons. The maximum atomic E-state index is 8.83. The Labute approximate surface area is 117 Å². The van der Waals surface area contributed by atoms with E-state index in [1.54, 1.807) is 0 Å². The first-order chi connectivity index (χ1) is 8.55. The average Bonchev–Trinajstić information content (AvgIpc) is 2.26. The Hall–Kier alpha value is -1.33. The van der Waals surface area contributed by atoms with Crippen molar-refractivity contribution in [2.45, 2.75) is 64.8 Å². The third kappa shape index (κ3) is 4.08. The second kappa shape index (κ2) is 5.35. The molecule has 0 saturated heterocycles. The number of nitrogens with zero attached hydrogens (tertiary/aromatic N) is 1. The molecule has 0 heterocycles. The SMILES string of the molecule is CC(C)(C)c1cc(C(N)CC#N)cc(C(C)(C)C)c1. The van der Waals surface area contributed by atoms with E-state index < -0.39 is 0 Å². The minimum Gasteiger partial charge on any atom is -0.323 e. The van der Waals surface area contributed by atoms with E-state index in [0.29, 0.717) is 6.42 Å². The molecule has 104 valence electrons. The Morgan fingerprint density at radius 2 is 1.42 bits per heavy atom. The molecule has 0 fully saturated rings. The van der Waals surface area contributed by atoms with Gasteiger partial charge >= 0.3 is 0 Å². The lowest BCUT2D eigenvalue weighted by Gasteiger charge is -2.27. The maximum absolute atomic E-state index is 8.83. The first-order valence-corrected chi connectivity index (χ1v) is 6.84. The van der Waals surface area contributed by atoms with Crippen LogP contribution in [0.15, 0.2) is 18.2 Å². The molecule has 2 nitrogen and oxygen atoms in total. The minimum atomic E-state index is -0.201. The summed E-state index contributed by atoms with van der Waals surface area (Å²) in [6.45, 7) is 13.2. The highest BCUT2D eigenvalue weighted by Gasteiger charge is 2.21. The lowest BCUT2D eigenvalue weighted by atomic mass is 9.79. The van der Waals surface area contributed by atoms with Crippen molar-refractivity contribution in [3.05, 3.63) is 34.9 Å². The van der Waals surface area contributed by atoms with Gasteiger partial charge in [0, 0.05) is 6.04 Å². The summed E-state index contributed by atoms with van der Waals surface area (Å²) in [5.74, 6) is 0. The van der Waals surface area contributed by atoms with Gasteiger partial charge in [-0.05, 0) is 27.5 Å². The summed E-state index contributed by atoms with van der Waals surface area (Å²) in [6, 6.07) is 8.52. The van der Waals surface area contributed by atoms with Crippen molar-refractivity contribution in [3.63, 3.8) is 0 Å². The van der Waals surface area contributed by atoms with Gasteiger partial charge in [0.2, 0.25) is 0 Å². The smallest absolute Gasteiger partial charge is 0.0641 e. The Kier molecular flexibility index (Phi) is 4.43. The van der Waals surface area contributed by atoms with E-state index in [1.165, 1.54) is 11.1 Å². The van der Waals surface area contributed by atoms with E-state index >= 15 is 0 Å². The van der Waals surface area contributed by atoms with Crippen molar-refractivity contribution < 1.29 is 0 Å². The van der Waals surface area contributed by atoms with E-state index in [-0.39, 0.29) is 16.9 Å². The van der Waals surface area contributed by atoms with Gasteiger partial charge in [-0.2, -0.15) is 5.26 Å². The van der Waals surface area contributed by atoms with Gasteiger partial charge in [-0.3, -0.25) is 0 Å². The maximum Gasteiger partial charge on any atom is 0.0641 e. The van der Waals surface area contributed by atoms with Crippen LogP contribution in [0.25, 0.3) is 0 Å². The third-order valence-electron chi connectivity index (χ3n) is 3.43. The standard InChI is InChI=1S/C17H26N2/c1-16(2,3)13-9-12(15(19)7-8-18)10-14(11-13)17(4,5)6/h9-11,15H,7,19H2,1-6H3. The molecule has 0 spiro atoms. The van der Waals surface area contributed by atoms with Crippen molar-refractivity contribution in [2.24, 2.45) is 5.73 Å². The van der Waals surface area contributed by atoms with Gasteiger partial charge in [0.15, 0.2) is 0 Å². The summed E-state index contributed by atoms with van der Waals surface area (Å²) in [5.41, 5.74) is 9.91. The highest BCUT2D eigenvalue weighted by Crippen LogP contribution is 2.32. The van der Waals surface area contributed by atoms with Crippen molar-refractivity contribution >= 4 is 0 Å². The van der Waals surface area contributed by atoms with Gasteiger partial charge in [-0.1, -0.05) is 59.7 Å². The zero-order valence-electron chi connectivity index (χ0n) is 13.0. The fraction of sp³-hybridized carbons (Fsp3) is 0.588. The highest BCUT2D eigenvalue weighted by atomic mass is 14.6. The first-order valence-electron chi connectivity index (χ1n) is 6.84. The predicted molar refractivity (Wildman–Crippen MR) is 81.0 cm³/mol. The van der Waals surface area contributed by atoms with Crippen LogP contribution < -0.4 is 5.73 Å². The molecule has 0 aliphatic heterocycles. The van der Waals surface area contributed by atoms with Gasteiger partial charge in [-0.15, -0.1) is 0 Å². The molecule has 0 amide bonds. The monoisotopic (exact) mass is 258 g/mol. The van der Waals surface area contributed by atoms with Gasteiger partial charge in [-0.25, -0.2) is 0 Å². The Bertz CT molecular complexity index is 449. The van der Waals surface area contributed by atoms with Crippen molar-refractivity contribution in [1.82, 2.24) is 0 Å². The Balaban J connectivity index is 3.38. The van der Waals surface area contributed by atoms with Crippen LogP contribution in [0.1, 0.15) is 70.7 Å². The third-order valence-corrected chi connectivity index (χ3v) is 3.43. The number of hydrogen-bond acceptors (Lipinski definition) is 2. The molecule has 0 saturated carbocycles. The van der Waals surface area contributed by atoms with E-state index in [0.717, 1.165) is 5.56 Å². The second-order valence-electron chi connectivity index (χ2n) is 7.31. The predicted octanol–water partition coefficient (Wildman–Crippen LogP) is 4.20. The molecule has 0 aliphatic rings. The Morgan fingerprint density at radius 3 is 1.74 bits per heavy atom. The van der Waals surface area contributed by atoms with E-state index in [1.807, 2.05) is 0 Å². The largest absolute Gasteiger partial charge is 0.323 e. The molecule has 2 N–H and O–H groups in total. The summed E-state index contributed by atoms with van der Waals surface area (Å²) in [6.07, 6.45) is 0.358. The van der Waals surface area contributed by atoms with Gasteiger partial charge in [0.1, 0.15) is 0 Å². The normalized spacial score (nSPS) is 14.0. The number of hydrogen-bond donors (Lipinski definition) is 1. The topological polar surface area (TPSA) is 49.8 Å². The van der Waals surface area contributed by atoms with Gasteiger partial charge < -0.3 is 5.73 Å². The molecule has 0 aromatic heterocycles. The molecule has 0 bridgehead atoms. The number of rotatable bonds is 2. The fourth-order valence-corrected chi connectivity index (χ4v) is 1.95. The summed E-state index contributed by atoms with van der Waals surface area (Å²) in [7, 11) is 0. The summed E-state index contributed by atoms with van der Waals surface area (Å²) in [5, 5.41) is 8.83. The Morgan fingerprint density at radius 1 is 1.00 bits per heavy atom.